The maximum absolute atomic E-state index is 6.03. The predicted molar refractivity (Wildman–Crippen MR) is 70.4 cm³/mol. The molecule has 0 bridgehead atoms. The van der Waals surface area contributed by atoms with E-state index in [0.717, 1.165) is 0 Å². The quantitative estimate of drug-likeness (QED) is 0.619. The minimum atomic E-state index is 0.0848. The van der Waals surface area contributed by atoms with Gasteiger partial charge in [0.2, 0.25) is 5.28 Å². The molecule has 90 valence electrons. The molecule has 0 unspecified atom stereocenters. The largest absolute Gasteiger partial charge is 0.493 e. The molecule has 1 aromatic carbocycles. The van der Waals surface area contributed by atoms with E-state index in [-0.39, 0.29) is 10.4 Å². The van der Waals surface area contributed by atoms with Crippen LogP contribution < -0.4 is 9.47 Å². The number of rotatable bonds is 2. The van der Waals surface area contributed by atoms with Crippen LogP contribution in [-0.4, -0.2) is 24.2 Å². The van der Waals surface area contributed by atoms with Gasteiger partial charge in [-0.05, 0) is 27.5 Å². The van der Waals surface area contributed by atoms with Gasteiger partial charge >= 0.3 is 0 Å². The van der Waals surface area contributed by atoms with Gasteiger partial charge in [0.1, 0.15) is 5.15 Å². The number of aromatic nitrogens is 2. The third-order valence-corrected chi connectivity index (χ3v) is 3.40. The first-order chi connectivity index (χ1) is 8.08. The smallest absolute Gasteiger partial charge is 0.224 e. The van der Waals surface area contributed by atoms with E-state index in [4.69, 9.17) is 32.7 Å². The lowest BCUT2D eigenvalue weighted by atomic mass is 10.2. The van der Waals surface area contributed by atoms with E-state index >= 15 is 0 Å². The summed E-state index contributed by atoms with van der Waals surface area (Å²) in [6, 6.07) is 1.69. The van der Waals surface area contributed by atoms with Crippen LogP contribution in [0.3, 0.4) is 0 Å². The molecule has 17 heavy (non-hydrogen) atoms. The fraction of sp³-hybridized carbons (Fsp3) is 0.200. The Balaban J connectivity index is 2.90. The van der Waals surface area contributed by atoms with Crippen molar-refractivity contribution in [3.8, 4) is 11.5 Å². The van der Waals surface area contributed by atoms with Crippen molar-refractivity contribution in [2.45, 2.75) is 0 Å². The summed E-state index contributed by atoms with van der Waals surface area (Å²) in [7, 11) is 3.08. The van der Waals surface area contributed by atoms with Crippen molar-refractivity contribution >= 4 is 50.0 Å². The summed E-state index contributed by atoms with van der Waals surface area (Å²) >= 11 is 15.2. The Labute approximate surface area is 116 Å². The Kier molecular flexibility index (Phi) is 3.61. The molecule has 0 N–H and O–H groups in total. The lowest BCUT2D eigenvalue weighted by molar-refractivity contribution is 0.354. The van der Waals surface area contributed by atoms with E-state index in [1.54, 1.807) is 20.3 Å². The number of halogens is 3. The molecule has 0 spiro atoms. The van der Waals surface area contributed by atoms with Gasteiger partial charge in [-0.2, -0.15) is 0 Å². The van der Waals surface area contributed by atoms with Gasteiger partial charge in [0.05, 0.1) is 29.6 Å². The highest BCUT2D eigenvalue weighted by Crippen LogP contribution is 2.42. The minimum Gasteiger partial charge on any atom is -0.493 e. The number of ether oxygens (including phenoxy) is 2. The van der Waals surface area contributed by atoms with Crippen molar-refractivity contribution in [2.24, 2.45) is 0 Å². The number of methoxy groups -OCH3 is 2. The van der Waals surface area contributed by atoms with E-state index in [9.17, 15) is 0 Å². The third-order valence-electron chi connectivity index (χ3n) is 2.20. The summed E-state index contributed by atoms with van der Waals surface area (Å²) in [6.45, 7) is 0. The van der Waals surface area contributed by atoms with Gasteiger partial charge in [0, 0.05) is 6.07 Å². The SMILES string of the molecule is COc1cc2nc(Cl)nc(Cl)c2c(Br)c1OC. The zero-order valence-electron chi connectivity index (χ0n) is 8.92. The lowest BCUT2D eigenvalue weighted by Crippen LogP contribution is -1.95. The molecule has 1 heterocycles. The molecular weight excluding hydrogens is 331 g/mol. The zero-order chi connectivity index (χ0) is 12.6. The van der Waals surface area contributed by atoms with E-state index in [2.05, 4.69) is 25.9 Å². The summed E-state index contributed by atoms with van der Waals surface area (Å²) < 4.78 is 11.1. The minimum absolute atomic E-state index is 0.0848. The molecule has 4 nitrogen and oxygen atoms in total. The van der Waals surface area contributed by atoms with Gasteiger partial charge in [0.15, 0.2) is 11.5 Å². The number of fused-ring (bicyclic) bond motifs is 1. The van der Waals surface area contributed by atoms with Crippen molar-refractivity contribution < 1.29 is 9.47 Å². The molecule has 0 aliphatic heterocycles. The predicted octanol–water partition coefficient (Wildman–Crippen LogP) is 3.72. The van der Waals surface area contributed by atoms with Crippen LogP contribution in [0.2, 0.25) is 10.4 Å². The lowest BCUT2D eigenvalue weighted by Gasteiger charge is -2.12. The summed E-state index contributed by atoms with van der Waals surface area (Å²) in [5, 5.41) is 0.975. The van der Waals surface area contributed by atoms with E-state index in [1.165, 1.54) is 0 Å². The Morgan fingerprint density at radius 2 is 1.88 bits per heavy atom. The highest BCUT2D eigenvalue weighted by Gasteiger charge is 2.17. The van der Waals surface area contributed by atoms with Crippen LogP contribution >= 0.6 is 39.1 Å². The first-order valence-electron chi connectivity index (χ1n) is 4.51. The van der Waals surface area contributed by atoms with Gasteiger partial charge in [-0.25, -0.2) is 9.97 Å². The Morgan fingerprint density at radius 1 is 1.18 bits per heavy atom. The molecule has 7 heteroatoms. The second-order valence-corrected chi connectivity index (χ2v) is 4.59. The monoisotopic (exact) mass is 336 g/mol. The van der Waals surface area contributed by atoms with Gasteiger partial charge < -0.3 is 9.47 Å². The molecule has 0 saturated carbocycles. The van der Waals surface area contributed by atoms with Crippen LogP contribution in [0, 0.1) is 0 Å². The average molecular weight is 338 g/mol. The van der Waals surface area contributed by atoms with Crippen LogP contribution in [-0.2, 0) is 0 Å². The molecule has 0 saturated heterocycles. The van der Waals surface area contributed by atoms with Crippen molar-refractivity contribution in [3.05, 3.63) is 21.0 Å². The normalized spacial score (nSPS) is 10.6. The molecule has 2 rings (SSSR count). The standard InChI is InChI=1S/C10H7BrCl2N2O2/c1-16-5-3-4-6(7(11)8(5)17-2)9(12)15-10(13)14-4/h3H,1-2H3. The van der Waals surface area contributed by atoms with E-state index < -0.39 is 0 Å². The van der Waals surface area contributed by atoms with Gasteiger partial charge in [-0.1, -0.05) is 11.6 Å². The number of hydrogen-bond donors (Lipinski definition) is 0. The maximum Gasteiger partial charge on any atom is 0.224 e. The maximum atomic E-state index is 6.03. The fourth-order valence-corrected chi connectivity index (χ4v) is 2.84. The molecule has 0 radical (unpaired) electrons. The zero-order valence-corrected chi connectivity index (χ0v) is 12.0. The fourth-order valence-electron chi connectivity index (χ4n) is 1.48. The van der Waals surface area contributed by atoms with Crippen molar-refractivity contribution in [2.75, 3.05) is 14.2 Å². The number of nitrogens with zero attached hydrogens (tertiary/aromatic N) is 2. The average Bonchev–Trinajstić information content (AvgIpc) is 2.27. The van der Waals surface area contributed by atoms with Gasteiger partial charge in [-0.15, -0.1) is 0 Å². The van der Waals surface area contributed by atoms with Crippen molar-refractivity contribution in [1.29, 1.82) is 0 Å². The molecule has 0 atom stereocenters. The van der Waals surface area contributed by atoms with Crippen LogP contribution in [0.5, 0.6) is 11.5 Å². The summed E-state index contributed by atoms with van der Waals surface area (Å²) in [4.78, 5) is 7.97. The summed E-state index contributed by atoms with van der Waals surface area (Å²) in [5.74, 6) is 1.07. The molecule has 2 aromatic rings. The molecule has 0 aliphatic carbocycles. The van der Waals surface area contributed by atoms with E-state index in [0.29, 0.717) is 26.9 Å². The highest BCUT2D eigenvalue weighted by atomic mass is 79.9. The summed E-state index contributed by atoms with van der Waals surface area (Å²) in [6.07, 6.45) is 0. The molecular formula is C10H7BrCl2N2O2. The molecule has 1 aromatic heterocycles. The Morgan fingerprint density at radius 3 is 2.47 bits per heavy atom. The Hall–Kier alpha value is -0.780. The van der Waals surface area contributed by atoms with Gasteiger partial charge in [0.25, 0.3) is 0 Å². The van der Waals surface area contributed by atoms with Crippen molar-refractivity contribution in [1.82, 2.24) is 9.97 Å². The second-order valence-electron chi connectivity index (χ2n) is 3.10. The molecule has 0 amide bonds. The van der Waals surface area contributed by atoms with Crippen molar-refractivity contribution in [3.63, 3.8) is 0 Å². The first kappa shape index (κ1) is 12.7. The van der Waals surface area contributed by atoms with Crippen LogP contribution in [0.1, 0.15) is 0 Å². The van der Waals surface area contributed by atoms with E-state index in [1.807, 2.05) is 0 Å². The molecule has 0 aliphatic rings. The summed E-state index contributed by atoms with van der Waals surface area (Å²) in [5.41, 5.74) is 0.583. The topological polar surface area (TPSA) is 44.2 Å². The first-order valence-corrected chi connectivity index (χ1v) is 6.06. The number of hydrogen-bond acceptors (Lipinski definition) is 4. The van der Waals surface area contributed by atoms with Gasteiger partial charge in [-0.3, -0.25) is 0 Å². The number of benzene rings is 1. The van der Waals surface area contributed by atoms with Crippen LogP contribution in [0.4, 0.5) is 0 Å². The molecule has 0 fully saturated rings. The van der Waals surface area contributed by atoms with Crippen LogP contribution in [0.15, 0.2) is 10.5 Å². The highest BCUT2D eigenvalue weighted by molar-refractivity contribution is 9.10. The Bertz CT molecular complexity index is 592. The van der Waals surface area contributed by atoms with Crippen LogP contribution in [0.25, 0.3) is 10.9 Å². The third kappa shape index (κ3) is 2.14. The second kappa shape index (κ2) is 4.84.